The standard InChI is InChI=1S/C15H21NO2/c1-2-7-16-14-10-18-15-8-12(5-6-13(14)15)17-9-11-3-4-11/h5-6,8,11,14,16H,2-4,7,9-10H2,1H3. The smallest absolute Gasteiger partial charge is 0.127 e. The molecule has 1 aromatic rings. The average molecular weight is 247 g/mol. The van der Waals surface area contributed by atoms with Crippen LogP contribution >= 0.6 is 0 Å². The van der Waals surface area contributed by atoms with E-state index in [0.29, 0.717) is 6.04 Å². The van der Waals surface area contributed by atoms with Gasteiger partial charge in [0.2, 0.25) is 0 Å². The van der Waals surface area contributed by atoms with Gasteiger partial charge in [0, 0.05) is 11.6 Å². The lowest BCUT2D eigenvalue weighted by molar-refractivity contribution is 0.293. The third kappa shape index (κ3) is 2.61. The number of hydrogen-bond donors (Lipinski definition) is 1. The fourth-order valence-corrected chi connectivity index (χ4v) is 2.27. The van der Waals surface area contributed by atoms with Gasteiger partial charge in [0.15, 0.2) is 0 Å². The third-order valence-corrected chi connectivity index (χ3v) is 3.59. The molecule has 3 heteroatoms. The van der Waals surface area contributed by atoms with E-state index < -0.39 is 0 Å². The number of hydrogen-bond acceptors (Lipinski definition) is 3. The lowest BCUT2D eigenvalue weighted by Crippen LogP contribution is -2.22. The molecule has 1 unspecified atom stereocenters. The number of rotatable bonds is 6. The predicted molar refractivity (Wildman–Crippen MR) is 71.2 cm³/mol. The maximum atomic E-state index is 5.77. The minimum atomic E-state index is 0.345. The fraction of sp³-hybridized carbons (Fsp3) is 0.600. The molecule has 2 aliphatic rings. The van der Waals surface area contributed by atoms with E-state index >= 15 is 0 Å². The molecule has 3 nitrogen and oxygen atoms in total. The van der Waals surface area contributed by atoms with Gasteiger partial charge in [-0.1, -0.05) is 6.92 Å². The van der Waals surface area contributed by atoms with Crippen LogP contribution in [0.25, 0.3) is 0 Å². The summed E-state index contributed by atoms with van der Waals surface area (Å²) < 4.78 is 11.5. The fourth-order valence-electron chi connectivity index (χ4n) is 2.27. The molecule has 0 saturated heterocycles. The zero-order chi connectivity index (χ0) is 12.4. The van der Waals surface area contributed by atoms with Crippen molar-refractivity contribution in [3.05, 3.63) is 23.8 Å². The van der Waals surface area contributed by atoms with Crippen LogP contribution in [0.3, 0.4) is 0 Å². The van der Waals surface area contributed by atoms with Crippen LogP contribution in [-0.4, -0.2) is 19.8 Å². The number of fused-ring (bicyclic) bond motifs is 1. The Kier molecular flexibility index (Phi) is 3.41. The van der Waals surface area contributed by atoms with Crippen LogP contribution in [0.4, 0.5) is 0 Å². The van der Waals surface area contributed by atoms with Gasteiger partial charge in [-0.2, -0.15) is 0 Å². The molecule has 0 spiro atoms. The molecular formula is C15H21NO2. The maximum absolute atomic E-state index is 5.77. The summed E-state index contributed by atoms with van der Waals surface area (Å²) in [6.45, 7) is 4.81. The predicted octanol–water partition coefficient (Wildman–Crippen LogP) is 2.91. The minimum Gasteiger partial charge on any atom is -0.493 e. The Hall–Kier alpha value is -1.22. The second-order valence-electron chi connectivity index (χ2n) is 5.27. The van der Waals surface area contributed by atoms with E-state index in [0.717, 1.165) is 43.6 Å². The highest BCUT2D eigenvalue weighted by molar-refractivity contribution is 5.45. The van der Waals surface area contributed by atoms with E-state index in [1.54, 1.807) is 0 Å². The van der Waals surface area contributed by atoms with E-state index in [1.165, 1.54) is 18.4 Å². The van der Waals surface area contributed by atoms with Crippen LogP contribution in [0, 0.1) is 5.92 Å². The molecule has 1 aromatic carbocycles. The van der Waals surface area contributed by atoms with Crippen LogP contribution in [-0.2, 0) is 0 Å². The van der Waals surface area contributed by atoms with Gasteiger partial charge in [0.25, 0.3) is 0 Å². The topological polar surface area (TPSA) is 30.5 Å². The van der Waals surface area contributed by atoms with Gasteiger partial charge in [0.05, 0.1) is 12.6 Å². The minimum absolute atomic E-state index is 0.345. The molecule has 0 bridgehead atoms. The molecule has 1 saturated carbocycles. The molecule has 1 atom stereocenters. The van der Waals surface area contributed by atoms with Crippen molar-refractivity contribution < 1.29 is 9.47 Å². The second kappa shape index (κ2) is 5.19. The van der Waals surface area contributed by atoms with Crippen molar-refractivity contribution >= 4 is 0 Å². The summed E-state index contributed by atoms with van der Waals surface area (Å²) in [4.78, 5) is 0. The van der Waals surface area contributed by atoms with Gasteiger partial charge in [-0.3, -0.25) is 0 Å². The van der Waals surface area contributed by atoms with Crippen LogP contribution < -0.4 is 14.8 Å². The lowest BCUT2D eigenvalue weighted by Gasteiger charge is -2.11. The van der Waals surface area contributed by atoms with Gasteiger partial charge >= 0.3 is 0 Å². The molecule has 1 fully saturated rings. The zero-order valence-corrected chi connectivity index (χ0v) is 10.9. The summed E-state index contributed by atoms with van der Waals surface area (Å²) in [5, 5.41) is 3.50. The molecule has 0 aromatic heterocycles. The Labute approximate surface area is 108 Å². The summed E-state index contributed by atoms with van der Waals surface area (Å²) >= 11 is 0. The zero-order valence-electron chi connectivity index (χ0n) is 10.9. The average Bonchev–Trinajstić information content (AvgIpc) is 3.14. The highest BCUT2D eigenvalue weighted by Gasteiger charge is 2.25. The second-order valence-corrected chi connectivity index (χ2v) is 5.27. The maximum Gasteiger partial charge on any atom is 0.127 e. The Morgan fingerprint density at radius 3 is 3.06 bits per heavy atom. The molecule has 1 heterocycles. The highest BCUT2D eigenvalue weighted by Crippen LogP contribution is 2.36. The first-order valence-corrected chi connectivity index (χ1v) is 6.99. The number of ether oxygens (including phenoxy) is 2. The lowest BCUT2D eigenvalue weighted by atomic mass is 10.1. The van der Waals surface area contributed by atoms with E-state index in [4.69, 9.17) is 9.47 Å². The molecule has 3 rings (SSSR count). The normalized spacial score (nSPS) is 21.5. The molecule has 1 aliphatic carbocycles. The summed E-state index contributed by atoms with van der Waals surface area (Å²) in [6.07, 6.45) is 3.79. The first-order valence-electron chi connectivity index (χ1n) is 6.99. The molecule has 1 aliphatic heterocycles. The number of benzene rings is 1. The van der Waals surface area contributed by atoms with Crippen molar-refractivity contribution in [2.75, 3.05) is 19.8 Å². The molecule has 18 heavy (non-hydrogen) atoms. The summed E-state index contributed by atoms with van der Waals surface area (Å²) in [5.74, 6) is 2.71. The van der Waals surface area contributed by atoms with Crippen LogP contribution in [0.5, 0.6) is 11.5 Å². The van der Waals surface area contributed by atoms with Crippen molar-refractivity contribution in [2.24, 2.45) is 5.92 Å². The Balaban J connectivity index is 1.64. The molecule has 0 amide bonds. The summed E-state index contributed by atoms with van der Waals surface area (Å²) in [5.41, 5.74) is 1.27. The molecule has 98 valence electrons. The first kappa shape index (κ1) is 11.8. The van der Waals surface area contributed by atoms with Crippen molar-refractivity contribution in [3.63, 3.8) is 0 Å². The van der Waals surface area contributed by atoms with Crippen LogP contribution in [0.15, 0.2) is 18.2 Å². The SMILES string of the molecule is CCCNC1COc2cc(OCC3CC3)ccc21. The monoisotopic (exact) mass is 247 g/mol. The van der Waals surface area contributed by atoms with Crippen molar-refractivity contribution in [3.8, 4) is 11.5 Å². The Morgan fingerprint density at radius 2 is 2.28 bits per heavy atom. The summed E-state index contributed by atoms with van der Waals surface area (Å²) in [7, 11) is 0. The first-order chi connectivity index (χ1) is 8.86. The van der Waals surface area contributed by atoms with Crippen molar-refractivity contribution in [1.29, 1.82) is 0 Å². The molecular weight excluding hydrogens is 226 g/mol. The van der Waals surface area contributed by atoms with Gasteiger partial charge in [0.1, 0.15) is 18.1 Å². The van der Waals surface area contributed by atoms with Gasteiger partial charge in [-0.15, -0.1) is 0 Å². The Bertz CT molecular complexity index is 415. The highest BCUT2D eigenvalue weighted by atomic mass is 16.5. The Morgan fingerprint density at radius 1 is 1.39 bits per heavy atom. The van der Waals surface area contributed by atoms with E-state index in [2.05, 4.69) is 24.4 Å². The van der Waals surface area contributed by atoms with Gasteiger partial charge in [-0.25, -0.2) is 0 Å². The van der Waals surface area contributed by atoms with Crippen LogP contribution in [0.2, 0.25) is 0 Å². The summed E-state index contributed by atoms with van der Waals surface area (Å²) in [6, 6.07) is 6.58. The van der Waals surface area contributed by atoms with Gasteiger partial charge in [-0.05, 0) is 43.9 Å². The molecule has 1 N–H and O–H groups in total. The van der Waals surface area contributed by atoms with Crippen LogP contribution in [0.1, 0.15) is 37.8 Å². The van der Waals surface area contributed by atoms with E-state index in [-0.39, 0.29) is 0 Å². The quantitative estimate of drug-likeness (QED) is 0.838. The third-order valence-electron chi connectivity index (χ3n) is 3.59. The number of nitrogens with one attached hydrogen (secondary N) is 1. The van der Waals surface area contributed by atoms with Crippen molar-refractivity contribution in [2.45, 2.75) is 32.2 Å². The van der Waals surface area contributed by atoms with E-state index in [9.17, 15) is 0 Å². The molecule has 0 radical (unpaired) electrons. The van der Waals surface area contributed by atoms with Crippen molar-refractivity contribution in [1.82, 2.24) is 5.32 Å². The van der Waals surface area contributed by atoms with E-state index in [1.807, 2.05) is 6.07 Å². The van der Waals surface area contributed by atoms with Gasteiger partial charge < -0.3 is 14.8 Å². The largest absolute Gasteiger partial charge is 0.493 e.